The monoisotopic (exact) mass is 392 g/mol. The van der Waals surface area contributed by atoms with Crippen molar-refractivity contribution in [3.63, 3.8) is 0 Å². The van der Waals surface area contributed by atoms with Crippen LogP contribution in [0.4, 0.5) is 0 Å². The van der Waals surface area contributed by atoms with Crippen LogP contribution in [-0.4, -0.2) is 7.11 Å². The first-order chi connectivity index (χ1) is 9.51. The number of hydrogen-bond donors (Lipinski definition) is 0. The van der Waals surface area contributed by atoms with E-state index in [1.165, 1.54) is 0 Å². The van der Waals surface area contributed by atoms with Crippen molar-refractivity contribution in [3.05, 3.63) is 62.0 Å². The van der Waals surface area contributed by atoms with Crippen LogP contribution in [0.15, 0.2) is 40.9 Å². The van der Waals surface area contributed by atoms with Crippen molar-refractivity contribution in [2.24, 2.45) is 0 Å². The van der Waals surface area contributed by atoms with E-state index in [2.05, 4.69) is 15.9 Å². The Morgan fingerprint density at radius 1 is 1.10 bits per heavy atom. The molecule has 2 rings (SSSR count). The van der Waals surface area contributed by atoms with Gasteiger partial charge in [0, 0.05) is 4.47 Å². The van der Waals surface area contributed by atoms with E-state index >= 15 is 0 Å². The van der Waals surface area contributed by atoms with Gasteiger partial charge in [0.1, 0.15) is 5.75 Å². The average Bonchev–Trinajstić information content (AvgIpc) is 2.43. The average molecular weight is 395 g/mol. The van der Waals surface area contributed by atoms with Gasteiger partial charge in [-0.1, -0.05) is 45.2 Å². The molecule has 0 aromatic heterocycles. The second-order valence-corrected chi connectivity index (χ2v) is 6.50. The molecule has 0 heterocycles. The van der Waals surface area contributed by atoms with Crippen molar-refractivity contribution in [1.29, 1.82) is 0 Å². The number of benzene rings is 2. The summed E-state index contributed by atoms with van der Waals surface area (Å²) in [6.07, 6.45) is 0.657. The Morgan fingerprint density at radius 2 is 1.85 bits per heavy atom. The summed E-state index contributed by atoms with van der Waals surface area (Å²) >= 11 is 21.9. The largest absolute Gasteiger partial charge is 0.497 e. The summed E-state index contributed by atoms with van der Waals surface area (Å²) in [5, 5.41) is 0.901. The minimum atomic E-state index is -0.184. The van der Waals surface area contributed by atoms with Crippen LogP contribution in [0, 0.1) is 0 Å². The highest BCUT2D eigenvalue weighted by atomic mass is 79.9. The van der Waals surface area contributed by atoms with Gasteiger partial charge in [0.05, 0.1) is 22.5 Å². The molecule has 0 radical (unpaired) electrons. The van der Waals surface area contributed by atoms with Gasteiger partial charge in [-0.3, -0.25) is 0 Å². The third-order valence-electron chi connectivity index (χ3n) is 2.94. The molecule has 2 aromatic rings. The molecule has 0 aliphatic rings. The molecular formula is C15H12BrCl3O. The highest BCUT2D eigenvalue weighted by Crippen LogP contribution is 2.34. The highest BCUT2D eigenvalue weighted by molar-refractivity contribution is 9.10. The van der Waals surface area contributed by atoms with Crippen molar-refractivity contribution in [2.45, 2.75) is 11.8 Å². The zero-order valence-electron chi connectivity index (χ0n) is 10.7. The molecule has 0 amide bonds. The molecule has 0 N–H and O–H groups in total. The Balaban J connectivity index is 2.23. The quantitative estimate of drug-likeness (QED) is 0.554. The van der Waals surface area contributed by atoms with Crippen molar-refractivity contribution in [3.8, 4) is 5.75 Å². The van der Waals surface area contributed by atoms with Crippen molar-refractivity contribution in [2.75, 3.05) is 7.11 Å². The predicted octanol–water partition coefficient (Wildman–Crippen LogP) is 6.29. The third-order valence-corrected chi connectivity index (χ3v) is 4.79. The fourth-order valence-electron chi connectivity index (χ4n) is 1.87. The fraction of sp³-hybridized carbons (Fsp3) is 0.200. The van der Waals surface area contributed by atoms with Crippen LogP contribution in [0.2, 0.25) is 10.0 Å². The Bertz CT molecular complexity index is 616. The Labute approximate surface area is 141 Å². The van der Waals surface area contributed by atoms with Crippen LogP contribution in [0.1, 0.15) is 16.5 Å². The molecule has 0 bridgehead atoms. The first-order valence-corrected chi connectivity index (χ1v) is 7.91. The number of methoxy groups -OCH3 is 1. The standard InChI is InChI=1S/C15H12BrCl3O/c1-20-10-3-4-12(16)11(8-10)14(18)6-9-2-5-13(17)15(19)7-9/h2-5,7-8,14H,6H2,1H3. The second kappa shape index (κ2) is 7.04. The lowest BCUT2D eigenvalue weighted by molar-refractivity contribution is 0.414. The maximum atomic E-state index is 6.51. The molecule has 1 unspecified atom stereocenters. The van der Waals surface area contributed by atoms with Crippen LogP contribution in [0.25, 0.3) is 0 Å². The van der Waals surface area contributed by atoms with Gasteiger partial charge >= 0.3 is 0 Å². The van der Waals surface area contributed by atoms with E-state index in [1.807, 2.05) is 30.3 Å². The second-order valence-electron chi connectivity index (χ2n) is 4.31. The molecule has 0 saturated carbocycles. The zero-order chi connectivity index (χ0) is 14.7. The van der Waals surface area contributed by atoms with Crippen LogP contribution in [0.3, 0.4) is 0 Å². The molecule has 106 valence electrons. The minimum absolute atomic E-state index is 0.184. The molecule has 20 heavy (non-hydrogen) atoms. The van der Waals surface area contributed by atoms with Crippen molar-refractivity contribution >= 4 is 50.7 Å². The molecule has 2 aromatic carbocycles. The van der Waals surface area contributed by atoms with Crippen LogP contribution >= 0.6 is 50.7 Å². The predicted molar refractivity (Wildman–Crippen MR) is 89.5 cm³/mol. The summed E-state index contributed by atoms with van der Waals surface area (Å²) < 4.78 is 6.18. The number of hydrogen-bond acceptors (Lipinski definition) is 1. The summed E-state index contributed by atoms with van der Waals surface area (Å²) in [5.74, 6) is 0.781. The van der Waals surface area contributed by atoms with Crippen LogP contribution < -0.4 is 4.74 Å². The minimum Gasteiger partial charge on any atom is -0.497 e. The summed E-state index contributed by atoms with van der Waals surface area (Å²) in [6.45, 7) is 0. The van der Waals surface area contributed by atoms with Gasteiger partial charge in [-0.05, 0) is 47.9 Å². The van der Waals surface area contributed by atoms with E-state index in [1.54, 1.807) is 13.2 Å². The van der Waals surface area contributed by atoms with Gasteiger partial charge in [0.2, 0.25) is 0 Å². The maximum absolute atomic E-state index is 6.51. The van der Waals surface area contributed by atoms with Gasteiger partial charge in [0.15, 0.2) is 0 Å². The van der Waals surface area contributed by atoms with Gasteiger partial charge in [-0.25, -0.2) is 0 Å². The third kappa shape index (κ3) is 3.82. The summed E-state index contributed by atoms with van der Waals surface area (Å²) in [5.41, 5.74) is 2.02. The molecule has 1 nitrogen and oxygen atoms in total. The zero-order valence-corrected chi connectivity index (χ0v) is 14.5. The summed E-state index contributed by atoms with van der Waals surface area (Å²) in [6, 6.07) is 11.3. The van der Waals surface area contributed by atoms with E-state index < -0.39 is 0 Å². The Kier molecular flexibility index (Phi) is 5.62. The smallest absolute Gasteiger partial charge is 0.119 e. The lowest BCUT2D eigenvalue weighted by Crippen LogP contribution is -1.98. The van der Waals surface area contributed by atoms with E-state index in [-0.39, 0.29) is 5.38 Å². The molecule has 0 fully saturated rings. The molecule has 1 atom stereocenters. The molecule has 0 saturated heterocycles. The molecule has 5 heteroatoms. The van der Waals surface area contributed by atoms with Gasteiger partial charge < -0.3 is 4.74 Å². The molecular weight excluding hydrogens is 382 g/mol. The van der Waals surface area contributed by atoms with Gasteiger partial charge in [0.25, 0.3) is 0 Å². The molecule has 0 aliphatic carbocycles. The summed E-state index contributed by atoms with van der Waals surface area (Å²) in [4.78, 5) is 0. The number of rotatable bonds is 4. The number of alkyl halides is 1. The highest BCUT2D eigenvalue weighted by Gasteiger charge is 2.14. The normalized spacial score (nSPS) is 12.2. The fourth-order valence-corrected chi connectivity index (χ4v) is 3.21. The Hall–Kier alpha value is -0.410. The SMILES string of the molecule is COc1ccc(Br)c(C(Cl)Cc2ccc(Cl)c(Cl)c2)c1. The van der Waals surface area contributed by atoms with E-state index in [0.717, 1.165) is 21.3 Å². The molecule has 0 aliphatic heterocycles. The van der Waals surface area contributed by atoms with Gasteiger partial charge in [-0.2, -0.15) is 0 Å². The molecule has 0 spiro atoms. The van der Waals surface area contributed by atoms with E-state index in [9.17, 15) is 0 Å². The first-order valence-electron chi connectivity index (χ1n) is 5.92. The summed E-state index contributed by atoms with van der Waals surface area (Å²) in [7, 11) is 1.63. The maximum Gasteiger partial charge on any atom is 0.119 e. The van der Waals surface area contributed by atoms with Crippen LogP contribution in [-0.2, 0) is 6.42 Å². The first kappa shape index (κ1) is 16.0. The van der Waals surface area contributed by atoms with Crippen molar-refractivity contribution in [1.82, 2.24) is 0 Å². The topological polar surface area (TPSA) is 9.23 Å². The Morgan fingerprint density at radius 3 is 2.50 bits per heavy atom. The van der Waals surface area contributed by atoms with E-state index in [4.69, 9.17) is 39.5 Å². The van der Waals surface area contributed by atoms with Crippen LogP contribution in [0.5, 0.6) is 5.75 Å². The number of ether oxygens (including phenoxy) is 1. The van der Waals surface area contributed by atoms with E-state index in [0.29, 0.717) is 16.5 Å². The van der Waals surface area contributed by atoms with Crippen molar-refractivity contribution < 1.29 is 4.74 Å². The lowest BCUT2D eigenvalue weighted by atomic mass is 10.0. The lowest BCUT2D eigenvalue weighted by Gasteiger charge is -2.14. The van der Waals surface area contributed by atoms with Gasteiger partial charge in [-0.15, -0.1) is 11.6 Å². The number of halogens is 4.